The van der Waals surface area contributed by atoms with Crippen molar-refractivity contribution in [1.82, 2.24) is 10.6 Å². The summed E-state index contributed by atoms with van der Waals surface area (Å²) in [5.74, 6) is -1.66. The van der Waals surface area contributed by atoms with E-state index in [1.165, 1.54) is 7.11 Å². The first-order valence-electron chi connectivity index (χ1n) is 7.20. The van der Waals surface area contributed by atoms with Gasteiger partial charge in [-0.3, -0.25) is 4.79 Å². The van der Waals surface area contributed by atoms with Crippen molar-refractivity contribution in [2.24, 2.45) is 5.41 Å². The molecule has 0 aromatic heterocycles. The zero-order valence-electron chi connectivity index (χ0n) is 12.6. The molecular weight excluding hydrogens is 276 g/mol. The minimum Gasteiger partial charge on any atom is -0.480 e. The summed E-state index contributed by atoms with van der Waals surface area (Å²) in [7, 11) is 1.24. The van der Waals surface area contributed by atoms with Crippen LogP contribution in [0, 0.1) is 5.41 Å². The fourth-order valence-electron chi connectivity index (χ4n) is 2.53. The Bertz CT molecular complexity index is 391. The third kappa shape index (κ3) is 6.01. The molecule has 2 amide bonds. The van der Waals surface area contributed by atoms with Gasteiger partial charge in [0.15, 0.2) is 0 Å². The molecule has 1 saturated carbocycles. The summed E-state index contributed by atoms with van der Waals surface area (Å²) in [4.78, 5) is 33.9. The van der Waals surface area contributed by atoms with Gasteiger partial charge in [0, 0.05) is 13.0 Å². The van der Waals surface area contributed by atoms with Crippen LogP contribution in [-0.4, -0.2) is 42.8 Å². The second-order valence-electron chi connectivity index (χ2n) is 5.85. The third-order valence-electron chi connectivity index (χ3n) is 3.95. The van der Waals surface area contributed by atoms with Gasteiger partial charge in [-0.05, 0) is 24.7 Å². The zero-order chi connectivity index (χ0) is 15.9. The number of rotatable bonds is 7. The highest BCUT2D eigenvalue weighted by molar-refractivity contribution is 5.83. The maximum Gasteiger partial charge on any atom is 0.326 e. The van der Waals surface area contributed by atoms with E-state index in [1.54, 1.807) is 0 Å². The van der Waals surface area contributed by atoms with Crippen LogP contribution < -0.4 is 10.6 Å². The molecule has 0 unspecified atom stereocenters. The van der Waals surface area contributed by atoms with Gasteiger partial charge in [-0.1, -0.05) is 19.8 Å². The number of amides is 2. The summed E-state index contributed by atoms with van der Waals surface area (Å²) >= 11 is 0. The highest BCUT2D eigenvalue weighted by atomic mass is 16.5. The molecule has 0 heterocycles. The van der Waals surface area contributed by atoms with Crippen LogP contribution in [0.25, 0.3) is 0 Å². The topological polar surface area (TPSA) is 105 Å². The van der Waals surface area contributed by atoms with E-state index in [2.05, 4.69) is 22.3 Å². The number of carbonyl (C=O) groups excluding carboxylic acids is 2. The molecule has 0 aromatic carbocycles. The van der Waals surface area contributed by atoms with Crippen LogP contribution in [0.2, 0.25) is 0 Å². The number of esters is 1. The van der Waals surface area contributed by atoms with Crippen molar-refractivity contribution in [1.29, 1.82) is 0 Å². The zero-order valence-corrected chi connectivity index (χ0v) is 12.6. The number of ether oxygens (including phenoxy) is 1. The summed E-state index contributed by atoms with van der Waals surface area (Å²) in [6.45, 7) is 2.65. The Kier molecular flexibility index (Phi) is 6.45. The van der Waals surface area contributed by atoms with E-state index < -0.39 is 24.0 Å². The number of aliphatic carboxylic acids is 1. The Morgan fingerprint density at radius 2 is 1.90 bits per heavy atom. The summed E-state index contributed by atoms with van der Waals surface area (Å²) < 4.78 is 4.45. The quantitative estimate of drug-likeness (QED) is 0.614. The van der Waals surface area contributed by atoms with Gasteiger partial charge in [-0.25, -0.2) is 9.59 Å². The van der Waals surface area contributed by atoms with Crippen molar-refractivity contribution in [2.75, 3.05) is 13.7 Å². The molecule has 7 heteroatoms. The van der Waals surface area contributed by atoms with Crippen molar-refractivity contribution < 1.29 is 24.2 Å². The lowest BCUT2D eigenvalue weighted by Gasteiger charge is -2.24. The second kappa shape index (κ2) is 7.85. The van der Waals surface area contributed by atoms with E-state index >= 15 is 0 Å². The molecular formula is C14H24N2O5. The Morgan fingerprint density at radius 1 is 1.29 bits per heavy atom. The van der Waals surface area contributed by atoms with Crippen LogP contribution >= 0.6 is 0 Å². The molecule has 0 aromatic rings. The molecule has 1 aliphatic carbocycles. The smallest absolute Gasteiger partial charge is 0.326 e. The molecule has 0 radical (unpaired) electrons. The molecule has 1 fully saturated rings. The summed E-state index contributed by atoms with van der Waals surface area (Å²) in [6.07, 6.45) is 4.42. The van der Waals surface area contributed by atoms with Gasteiger partial charge in [0.05, 0.1) is 7.11 Å². The molecule has 0 bridgehead atoms. The lowest BCUT2D eigenvalue weighted by Crippen LogP contribution is -2.48. The molecule has 3 N–H and O–H groups in total. The third-order valence-corrected chi connectivity index (χ3v) is 3.95. The average Bonchev–Trinajstić information content (AvgIpc) is 2.87. The number of hydrogen-bond donors (Lipinski definition) is 3. The van der Waals surface area contributed by atoms with Gasteiger partial charge >= 0.3 is 18.0 Å². The number of carboxylic acid groups (broad SMARTS) is 1. The fraction of sp³-hybridized carbons (Fsp3) is 0.786. The predicted molar refractivity (Wildman–Crippen MR) is 75.8 cm³/mol. The van der Waals surface area contributed by atoms with Crippen LogP contribution in [-0.2, 0) is 14.3 Å². The van der Waals surface area contributed by atoms with E-state index in [0.29, 0.717) is 6.54 Å². The molecule has 1 rings (SSSR count). The SMILES string of the molecule is COC(=O)CC[C@H](NC(=O)NCC1(C)CCCC1)C(=O)O. The maximum absolute atomic E-state index is 11.8. The van der Waals surface area contributed by atoms with Gasteiger partial charge in [-0.15, -0.1) is 0 Å². The van der Waals surface area contributed by atoms with Crippen molar-refractivity contribution in [2.45, 2.75) is 51.5 Å². The van der Waals surface area contributed by atoms with E-state index in [0.717, 1.165) is 25.7 Å². The molecule has 7 nitrogen and oxygen atoms in total. The fourth-order valence-corrected chi connectivity index (χ4v) is 2.53. The first kappa shape index (κ1) is 17.3. The monoisotopic (exact) mass is 300 g/mol. The number of nitrogens with one attached hydrogen (secondary N) is 2. The summed E-state index contributed by atoms with van der Waals surface area (Å²) in [5.41, 5.74) is 0.0993. The summed E-state index contributed by atoms with van der Waals surface area (Å²) in [6, 6.07) is -1.61. The molecule has 0 aliphatic heterocycles. The van der Waals surface area contributed by atoms with Gasteiger partial charge in [-0.2, -0.15) is 0 Å². The molecule has 1 aliphatic rings. The van der Waals surface area contributed by atoms with Gasteiger partial charge < -0.3 is 20.5 Å². The molecule has 120 valence electrons. The van der Waals surface area contributed by atoms with Gasteiger partial charge in [0.2, 0.25) is 0 Å². The molecule has 0 spiro atoms. The first-order valence-corrected chi connectivity index (χ1v) is 7.20. The van der Waals surface area contributed by atoms with E-state index in [-0.39, 0.29) is 18.3 Å². The van der Waals surface area contributed by atoms with Crippen LogP contribution in [0.4, 0.5) is 4.79 Å². The minimum atomic E-state index is -1.17. The van der Waals surface area contributed by atoms with E-state index in [9.17, 15) is 14.4 Å². The highest BCUT2D eigenvalue weighted by Crippen LogP contribution is 2.36. The minimum absolute atomic E-state index is 0.00664. The lowest BCUT2D eigenvalue weighted by atomic mass is 9.89. The van der Waals surface area contributed by atoms with Crippen molar-refractivity contribution in [3.8, 4) is 0 Å². The number of methoxy groups -OCH3 is 1. The van der Waals surface area contributed by atoms with Crippen molar-refractivity contribution >= 4 is 18.0 Å². The lowest BCUT2D eigenvalue weighted by molar-refractivity contribution is -0.142. The van der Waals surface area contributed by atoms with E-state index in [4.69, 9.17) is 5.11 Å². The molecule has 0 saturated heterocycles. The van der Waals surface area contributed by atoms with Gasteiger partial charge in [0.1, 0.15) is 6.04 Å². The molecule has 1 atom stereocenters. The van der Waals surface area contributed by atoms with E-state index in [1.807, 2.05) is 0 Å². The largest absolute Gasteiger partial charge is 0.480 e. The van der Waals surface area contributed by atoms with Crippen LogP contribution in [0.5, 0.6) is 0 Å². The van der Waals surface area contributed by atoms with Crippen LogP contribution in [0.15, 0.2) is 0 Å². The Balaban J connectivity index is 2.37. The maximum atomic E-state index is 11.8. The predicted octanol–water partition coefficient (Wildman–Crippen LogP) is 1.27. The Morgan fingerprint density at radius 3 is 2.43 bits per heavy atom. The Labute approximate surface area is 124 Å². The number of urea groups is 1. The number of carbonyl (C=O) groups is 3. The van der Waals surface area contributed by atoms with Crippen molar-refractivity contribution in [3.05, 3.63) is 0 Å². The van der Waals surface area contributed by atoms with Crippen LogP contribution in [0.3, 0.4) is 0 Å². The van der Waals surface area contributed by atoms with Crippen molar-refractivity contribution in [3.63, 3.8) is 0 Å². The Hall–Kier alpha value is -1.79. The highest BCUT2D eigenvalue weighted by Gasteiger charge is 2.29. The normalized spacial score (nSPS) is 17.8. The standard InChI is InChI=1S/C14H24N2O5/c1-14(7-3-4-8-14)9-15-13(20)16-10(12(18)19)5-6-11(17)21-2/h10H,3-9H2,1-2H3,(H,18,19)(H2,15,16,20)/t10-/m0/s1. The second-order valence-corrected chi connectivity index (χ2v) is 5.85. The average molecular weight is 300 g/mol. The number of hydrogen-bond acceptors (Lipinski definition) is 4. The summed E-state index contributed by atoms with van der Waals surface area (Å²) in [5, 5.41) is 14.1. The number of carboxylic acids is 1. The van der Waals surface area contributed by atoms with Crippen LogP contribution in [0.1, 0.15) is 45.4 Å². The first-order chi connectivity index (χ1) is 9.86. The van der Waals surface area contributed by atoms with Gasteiger partial charge in [0.25, 0.3) is 0 Å². The molecule has 21 heavy (non-hydrogen) atoms.